The Kier molecular flexibility index (Phi) is 4.24. The van der Waals surface area contributed by atoms with Gasteiger partial charge in [-0.25, -0.2) is 0 Å². The second-order valence-electron chi connectivity index (χ2n) is 3.52. The predicted octanol–water partition coefficient (Wildman–Crippen LogP) is 1.65. The minimum Gasteiger partial charge on any atom is -0.386 e. The molecule has 82 valence electrons. The standard InChI is InChI=1S/C11H15NO3/c1-2-11(13)10(12(14)15)8-9-6-4-3-5-7-9/h3-7,10-11,13H,2,8H2,1H3/t10-,11+/m0/s1. The lowest BCUT2D eigenvalue weighted by molar-refractivity contribution is -0.534. The van der Waals surface area contributed by atoms with E-state index >= 15 is 0 Å². The summed E-state index contributed by atoms with van der Waals surface area (Å²) in [6.45, 7) is 1.74. The molecule has 1 N–H and O–H groups in total. The van der Waals surface area contributed by atoms with Crippen LogP contribution in [0.25, 0.3) is 0 Å². The summed E-state index contributed by atoms with van der Waals surface area (Å²) in [7, 11) is 0. The number of hydrogen-bond acceptors (Lipinski definition) is 3. The van der Waals surface area contributed by atoms with Crippen LogP contribution in [0.4, 0.5) is 0 Å². The lowest BCUT2D eigenvalue weighted by Crippen LogP contribution is -2.35. The van der Waals surface area contributed by atoms with Crippen LogP contribution >= 0.6 is 0 Å². The van der Waals surface area contributed by atoms with Crippen molar-refractivity contribution in [3.8, 4) is 0 Å². The summed E-state index contributed by atoms with van der Waals surface area (Å²) in [5.74, 6) is 0. The summed E-state index contributed by atoms with van der Waals surface area (Å²) in [5, 5.41) is 20.3. The average molecular weight is 209 g/mol. The van der Waals surface area contributed by atoms with E-state index in [1.165, 1.54) is 0 Å². The van der Waals surface area contributed by atoms with Crippen molar-refractivity contribution in [2.24, 2.45) is 0 Å². The third kappa shape index (κ3) is 3.32. The lowest BCUT2D eigenvalue weighted by atomic mass is 10.0. The first kappa shape index (κ1) is 11.7. The number of rotatable bonds is 5. The van der Waals surface area contributed by atoms with Crippen LogP contribution < -0.4 is 0 Å². The van der Waals surface area contributed by atoms with Crippen LogP contribution in [0.3, 0.4) is 0 Å². The minimum absolute atomic E-state index is 0.281. The van der Waals surface area contributed by atoms with Crippen molar-refractivity contribution >= 4 is 0 Å². The van der Waals surface area contributed by atoms with Gasteiger partial charge in [0.1, 0.15) is 6.10 Å². The highest BCUT2D eigenvalue weighted by molar-refractivity contribution is 5.15. The molecule has 4 nitrogen and oxygen atoms in total. The number of nitro groups is 1. The molecule has 0 saturated heterocycles. The van der Waals surface area contributed by atoms with Crippen molar-refractivity contribution < 1.29 is 10.0 Å². The van der Waals surface area contributed by atoms with Gasteiger partial charge in [0.15, 0.2) is 0 Å². The van der Waals surface area contributed by atoms with E-state index in [1.807, 2.05) is 30.3 Å². The first-order chi connectivity index (χ1) is 7.15. The molecule has 0 spiro atoms. The Bertz CT molecular complexity index is 313. The maximum Gasteiger partial charge on any atom is 0.242 e. The molecule has 0 aliphatic rings. The normalized spacial score (nSPS) is 14.5. The summed E-state index contributed by atoms with van der Waals surface area (Å²) in [6.07, 6.45) is -0.193. The number of benzene rings is 1. The van der Waals surface area contributed by atoms with E-state index < -0.39 is 17.1 Å². The Morgan fingerprint density at radius 3 is 2.47 bits per heavy atom. The van der Waals surface area contributed by atoms with Crippen LogP contribution in [0.15, 0.2) is 30.3 Å². The second-order valence-corrected chi connectivity index (χ2v) is 3.52. The number of aliphatic hydroxyl groups excluding tert-OH is 1. The summed E-state index contributed by atoms with van der Waals surface area (Å²) >= 11 is 0. The largest absolute Gasteiger partial charge is 0.386 e. The van der Waals surface area contributed by atoms with Crippen LogP contribution in [0.2, 0.25) is 0 Å². The fourth-order valence-electron chi connectivity index (χ4n) is 1.48. The van der Waals surface area contributed by atoms with Crippen molar-refractivity contribution in [3.63, 3.8) is 0 Å². The third-order valence-electron chi connectivity index (χ3n) is 2.42. The van der Waals surface area contributed by atoms with Gasteiger partial charge in [0.25, 0.3) is 0 Å². The molecule has 2 atom stereocenters. The van der Waals surface area contributed by atoms with Crippen LogP contribution in [0.5, 0.6) is 0 Å². The van der Waals surface area contributed by atoms with E-state index in [1.54, 1.807) is 6.92 Å². The van der Waals surface area contributed by atoms with Crippen LogP contribution in [-0.2, 0) is 6.42 Å². The Morgan fingerprint density at radius 1 is 1.40 bits per heavy atom. The molecule has 0 unspecified atom stereocenters. The van der Waals surface area contributed by atoms with Crippen LogP contribution in [0.1, 0.15) is 18.9 Å². The molecule has 0 radical (unpaired) electrons. The van der Waals surface area contributed by atoms with Gasteiger partial charge >= 0.3 is 0 Å². The molecule has 1 aromatic rings. The van der Waals surface area contributed by atoms with Gasteiger partial charge < -0.3 is 5.11 Å². The smallest absolute Gasteiger partial charge is 0.242 e. The average Bonchev–Trinajstić information content (AvgIpc) is 2.26. The van der Waals surface area contributed by atoms with Crippen molar-refractivity contribution in [1.82, 2.24) is 0 Å². The van der Waals surface area contributed by atoms with Gasteiger partial charge in [-0.05, 0) is 12.0 Å². The Balaban J connectivity index is 2.71. The van der Waals surface area contributed by atoms with Gasteiger partial charge in [-0.1, -0.05) is 37.3 Å². The van der Waals surface area contributed by atoms with Crippen LogP contribution in [0, 0.1) is 10.1 Å². The van der Waals surface area contributed by atoms with E-state index in [-0.39, 0.29) is 6.42 Å². The van der Waals surface area contributed by atoms with Crippen molar-refractivity contribution in [3.05, 3.63) is 46.0 Å². The molecule has 0 aliphatic carbocycles. The highest BCUT2D eigenvalue weighted by Gasteiger charge is 2.28. The Labute approximate surface area is 88.7 Å². The molecule has 1 aromatic carbocycles. The molecule has 0 saturated carbocycles. The zero-order chi connectivity index (χ0) is 11.3. The molecule has 4 heteroatoms. The quantitative estimate of drug-likeness (QED) is 0.592. The number of nitrogens with zero attached hydrogens (tertiary/aromatic N) is 1. The summed E-state index contributed by atoms with van der Waals surface area (Å²) in [4.78, 5) is 10.3. The first-order valence-electron chi connectivity index (χ1n) is 5.00. The van der Waals surface area contributed by atoms with Gasteiger partial charge in [-0.15, -0.1) is 0 Å². The molecule has 15 heavy (non-hydrogen) atoms. The molecule has 0 fully saturated rings. The van der Waals surface area contributed by atoms with E-state index in [0.29, 0.717) is 6.42 Å². The van der Waals surface area contributed by atoms with Crippen molar-refractivity contribution in [2.75, 3.05) is 0 Å². The number of aliphatic hydroxyl groups is 1. The molecule has 0 amide bonds. The summed E-state index contributed by atoms with van der Waals surface area (Å²) < 4.78 is 0. The zero-order valence-corrected chi connectivity index (χ0v) is 8.67. The SMILES string of the molecule is CC[C@@H](O)[C@H](Cc1ccccc1)[N+](=O)[O-]. The molecule has 0 aliphatic heterocycles. The third-order valence-corrected chi connectivity index (χ3v) is 2.42. The van der Waals surface area contributed by atoms with E-state index in [4.69, 9.17) is 0 Å². The topological polar surface area (TPSA) is 63.4 Å². The molecule has 0 heterocycles. The zero-order valence-electron chi connectivity index (χ0n) is 8.67. The van der Waals surface area contributed by atoms with Gasteiger partial charge in [0.2, 0.25) is 6.04 Å². The molecule has 0 aromatic heterocycles. The maximum absolute atomic E-state index is 10.7. The van der Waals surface area contributed by atoms with Crippen molar-refractivity contribution in [1.29, 1.82) is 0 Å². The molecule has 0 bridgehead atoms. The van der Waals surface area contributed by atoms with Crippen LogP contribution in [-0.4, -0.2) is 22.2 Å². The van der Waals surface area contributed by atoms with Gasteiger partial charge in [-0.2, -0.15) is 0 Å². The second kappa shape index (κ2) is 5.46. The van der Waals surface area contributed by atoms with E-state index in [9.17, 15) is 15.2 Å². The Morgan fingerprint density at radius 2 is 2.00 bits per heavy atom. The molecular formula is C11H15NO3. The van der Waals surface area contributed by atoms with Gasteiger partial charge in [0.05, 0.1) is 0 Å². The van der Waals surface area contributed by atoms with E-state index in [0.717, 1.165) is 5.56 Å². The molecule has 1 rings (SSSR count). The minimum atomic E-state index is -0.905. The fourth-order valence-corrected chi connectivity index (χ4v) is 1.48. The lowest BCUT2D eigenvalue weighted by Gasteiger charge is -2.14. The van der Waals surface area contributed by atoms with Crippen molar-refractivity contribution in [2.45, 2.75) is 31.9 Å². The van der Waals surface area contributed by atoms with Gasteiger partial charge in [0, 0.05) is 11.3 Å². The number of hydrogen-bond donors (Lipinski definition) is 1. The fraction of sp³-hybridized carbons (Fsp3) is 0.455. The predicted molar refractivity (Wildman–Crippen MR) is 57.2 cm³/mol. The summed E-state index contributed by atoms with van der Waals surface area (Å²) in [5.41, 5.74) is 0.881. The monoisotopic (exact) mass is 209 g/mol. The van der Waals surface area contributed by atoms with E-state index in [2.05, 4.69) is 0 Å². The summed E-state index contributed by atoms with van der Waals surface area (Å²) in [6, 6.07) is 8.30. The Hall–Kier alpha value is -1.42. The highest BCUT2D eigenvalue weighted by Crippen LogP contribution is 2.10. The first-order valence-corrected chi connectivity index (χ1v) is 5.00. The maximum atomic E-state index is 10.7. The highest BCUT2D eigenvalue weighted by atomic mass is 16.6. The van der Waals surface area contributed by atoms with Gasteiger partial charge in [-0.3, -0.25) is 10.1 Å². The molecular weight excluding hydrogens is 194 g/mol.